The van der Waals surface area contributed by atoms with Crippen LogP contribution in [0.1, 0.15) is 13.3 Å². The van der Waals surface area contributed by atoms with Crippen LogP contribution in [0.4, 0.5) is 0 Å². The van der Waals surface area contributed by atoms with Crippen molar-refractivity contribution >= 4 is 29.3 Å². The lowest BCUT2D eigenvalue weighted by molar-refractivity contribution is -0.151. The van der Waals surface area contributed by atoms with Crippen molar-refractivity contribution in [2.24, 2.45) is 0 Å². The maximum atomic E-state index is 11.8. The van der Waals surface area contributed by atoms with E-state index in [2.05, 4.69) is 0 Å². The molecule has 3 nitrogen and oxygen atoms in total. The number of rotatable bonds is 4. The van der Waals surface area contributed by atoms with Crippen LogP contribution in [-0.4, -0.2) is 40.4 Å². The summed E-state index contributed by atoms with van der Waals surface area (Å²) in [5.41, 5.74) is -0.689. The van der Waals surface area contributed by atoms with E-state index in [9.17, 15) is 9.90 Å². The highest BCUT2D eigenvalue weighted by Crippen LogP contribution is 2.27. The van der Waals surface area contributed by atoms with Gasteiger partial charge in [0.2, 0.25) is 5.91 Å². The molecule has 1 saturated heterocycles. The molecule has 1 fully saturated rings. The van der Waals surface area contributed by atoms with Gasteiger partial charge in [0, 0.05) is 17.1 Å². The number of nitrogens with zero attached hydrogens (tertiary/aromatic N) is 1. The van der Waals surface area contributed by atoms with Crippen LogP contribution in [-0.2, 0) is 4.79 Å². The van der Waals surface area contributed by atoms with Gasteiger partial charge in [0.05, 0.1) is 23.7 Å². The van der Waals surface area contributed by atoms with Crippen LogP contribution in [0.25, 0.3) is 0 Å². The van der Waals surface area contributed by atoms with E-state index >= 15 is 0 Å². The van der Waals surface area contributed by atoms with Crippen LogP contribution in [0, 0.1) is 0 Å². The molecule has 2 rings (SSSR count). The third-order valence-corrected chi connectivity index (χ3v) is 4.34. The molecule has 98 valence electrons. The Morgan fingerprint density at radius 1 is 1.50 bits per heavy atom. The smallest absolute Gasteiger partial charge is 0.223 e. The van der Waals surface area contributed by atoms with Gasteiger partial charge < -0.3 is 10.0 Å². The molecule has 1 aromatic carbocycles. The monoisotopic (exact) mass is 285 g/mol. The van der Waals surface area contributed by atoms with Crippen molar-refractivity contribution in [3.8, 4) is 0 Å². The first kappa shape index (κ1) is 13.7. The van der Waals surface area contributed by atoms with Gasteiger partial charge in [-0.05, 0) is 19.1 Å². The van der Waals surface area contributed by atoms with Gasteiger partial charge in [-0.15, -0.1) is 11.8 Å². The molecule has 1 aromatic rings. The Labute approximate surface area is 116 Å². The molecule has 0 atom stereocenters. The Morgan fingerprint density at radius 2 is 2.17 bits per heavy atom. The molecule has 0 unspecified atom stereocenters. The number of hydrogen-bond donors (Lipinski definition) is 1. The molecule has 1 N–H and O–H groups in total. The van der Waals surface area contributed by atoms with Crippen LogP contribution in [0.2, 0.25) is 5.02 Å². The average molecular weight is 286 g/mol. The van der Waals surface area contributed by atoms with E-state index in [1.54, 1.807) is 23.6 Å². The second-order valence-corrected chi connectivity index (χ2v) is 6.32. The number of hydrogen-bond acceptors (Lipinski definition) is 3. The van der Waals surface area contributed by atoms with Gasteiger partial charge in [-0.1, -0.05) is 23.7 Å². The lowest BCUT2D eigenvalue weighted by Gasteiger charge is -2.44. The van der Waals surface area contributed by atoms with E-state index in [0.29, 0.717) is 25.3 Å². The zero-order valence-corrected chi connectivity index (χ0v) is 11.8. The predicted molar refractivity (Wildman–Crippen MR) is 74.0 cm³/mol. The number of likely N-dealkylation sites (tertiary alicyclic amines) is 1. The van der Waals surface area contributed by atoms with Crippen LogP contribution >= 0.6 is 23.4 Å². The molecule has 5 heteroatoms. The fourth-order valence-corrected chi connectivity index (χ4v) is 3.10. The van der Waals surface area contributed by atoms with Crippen molar-refractivity contribution in [3.63, 3.8) is 0 Å². The Morgan fingerprint density at radius 3 is 2.78 bits per heavy atom. The molecule has 0 spiro atoms. The second kappa shape index (κ2) is 5.51. The molecular weight excluding hydrogens is 270 g/mol. The number of aliphatic hydroxyl groups is 1. The molecular formula is C13H16ClNO2S. The SMILES string of the molecule is CC1(O)CN(C(=O)CCSc2ccccc2Cl)C1. The van der Waals surface area contributed by atoms with Crippen molar-refractivity contribution in [2.45, 2.75) is 23.8 Å². The fourth-order valence-electron chi connectivity index (χ4n) is 1.92. The standard InChI is InChI=1S/C13H16ClNO2S/c1-13(17)8-15(9-13)12(16)6-7-18-11-5-3-2-4-10(11)14/h2-5,17H,6-9H2,1H3. The van der Waals surface area contributed by atoms with Gasteiger partial charge in [0.15, 0.2) is 0 Å². The van der Waals surface area contributed by atoms with Crippen LogP contribution < -0.4 is 0 Å². The first-order valence-corrected chi connectivity index (χ1v) is 7.22. The molecule has 0 bridgehead atoms. The lowest BCUT2D eigenvalue weighted by atomic mass is 9.97. The molecule has 1 aliphatic heterocycles. The summed E-state index contributed by atoms with van der Waals surface area (Å²) in [5.74, 6) is 0.808. The van der Waals surface area contributed by atoms with E-state index in [4.69, 9.17) is 11.6 Å². The maximum absolute atomic E-state index is 11.8. The molecule has 0 saturated carbocycles. The van der Waals surface area contributed by atoms with Gasteiger partial charge in [-0.2, -0.15) is 0 Å². The van der Waals surface area contributed by atoms with Crippen molar-refractivity contribution < 1.29 is 9.90 Å². The Balaban J connectivity index is 1.73. The highest BCUT2D eigenvalue weighted by Gasteiger charge is 2.38. The molecule has 1 aliphatic rings. The third-order valence-electron chi connectivity index (χ3n) is 2.83. The molecule has 1 heterocycles. The largest absolute Gasteiger partial charge is 0.386 e. The maximum Gasteiger partial charge on any atom is 0.223 e. The number of β-amino-alcohol motifs (C(OH)–C–C–N with tert-alkyl or cyclic N) is 1. The predicted octanol–water partition coefficient (Wildman–Crippen LogP) is 2.42. The number of benzene rings is 1. The summed E-state index contributed by atoms with van der Waals surface area (Å²) < 4.78 is 0. The zero-order chi connectivity index (χ0) is 13.2. The van der Waals surface area contributed by atoms with Crippen LogP contribution in [0.15, 0.2) is 29.2 Å². The van der Waals surface area contributed by atoms with Gasteiger partial charge in [-0.25, -0.2) is 0 Å². The second-order valence-electron chi connectivity index (χ2n) is 4.78. The lowest BCUT2D eigenvalue weighted by Crippen LogP contribution is -2.61. The number of carbonyl (C=O) groups excluding carboxylic acids is 1. The Kier molecular flexibility index (Phi) is 4.20. The van der Waals surface area contributed by atoms with Crippen molar-refractivity contribution in [1.29, 1.82) is 0 Å². The minimum absolute atomic E-state index is 0.0982. The minimum atomic E-state index is -0.689. The van der Waals surface area contributed by atoms with E-state index in [-0.39, 0.29) is 5.91 Å². The van der Waals surface area contributed by atoms with Gasteiger partial charge in [0.25, 0.3) is 0 Å². The zero-order valence-electron chi connectivity index (χ0n) is 10.2. The molecule has 0 aromatic heterocycles. The minimum Gasteiger partial charge on any atom is -0.386 e. The van der Waals surface area contributed by atoms with E-state index in [1.807, 2.05) is 24.3 Å². The van der Waals surface area contributed by atoms with Crippen LogP contribution in [0.3, 0.4) is 0 Å². The number of amides is 1. The molecule has 1 amide bonds. The fraction of sp³-hybridized carbons (Fsp3) is 0.462. The normalized spacial score (nSPS) is 17.4. The van der Waals surface area contributed by atoms with E-state index < -0.39 is 5.60 Å². The summed E-state index contributed by atoms with van der Waals surface area (Å²) in [5, 5.41) is 10.3. The molecule has 0 radical (unpaired) electrons. The van der Waals surface area contributed by atoms with E-state index in [0.717, 1.165) is 9.92 Å². The van der Waals surface area contributed by atoms with Crippen LogP contribution in [0.5, 0.6) is 0 Å². The summed E-state index contributed by atoms with van der Waals surface area (Å²) >= 11 is 7.61. The number of thioether (sulfide) groups is 1. The quantitative estimate of drug-likeness (QED) is 0.864. The Hall–Kier alpha value is -0.710. The average Bonchev–Trinajstić information content (AvgIpc) is 2.28. The van der Waals surface area contributed by atoms with E-state index in [1.165, 1.54) is 0 Å². The molecule has 18 heavy (non-hydrogen) atoms. The summed E-state index contributed by atoms with van der Waals surface area (Å²) in [6.45, 7) is 2.64. The highest BCUT2D eigenvalue weighted by molar-refractivity contribution is 7.99. The van der Waals surface area contributed by atoms with Crippen molar-refractivity contribution in [1.82, 2.24) is 4.90 Å². The first-order valence-electron chi connectivity index (χ1n) is 5.85. The number of carbonyl (C=O) groups is 1. The van der Waals surface area contributed by atoms with Gasteiger partial charge in [-0.3, -0.25) is 4.79 Å². The van der Waals surface area contributed by atoms with Crippen molar-refractivity contribution in [2.75, 3.05) is 18.8 Å². The first-order chi connectivity index (χ1) is 8.48. The topological polar surface area (TPSA) is 40.5 Å². The summed E-state index contributed by atoms with van der Waals surface area (Å²) in [6.07, 6.45) is 0.478. The molecule has 0 aliphatic carbocycles. The van der Waals surface area contributed by atoms with Crippen molar-refractivity contribution in [3.05, 3.63) is 29.3 Å². The number of halogens is 1. The Bertz CT molecular complexity index is 442. The van der Waals surface area contributed by atoms with Gasteiger partial charge >= 0.3 is 0 Å². The summed E-state index contributed by atoms with van der Waals surface area (Å²) in [6, 6.07) is 7.62. The van der Waals surface area contributed by atoms with Gasteiger partial charge in [0.1, 0.15) is 0 Å². The summed E-state index contributed by atoms with van der Waals surface area (Å²) in [7, 11) is 0. The summed E-state index contributed by atoms with van der Waals surface area (Å²) in [4.78, 5) is 14.4. The highest BCUT2D eigenvalue weighted by atomic mass is 35.5. The third kappa shape index (κ3) is 3.40.